The maximum Gasteiger partial charge on any atom is 0.0849 e. The van der Waals surface area contributed by atoms with Crippen LogP contribution < -0.4 is 5.73 Å². The van der Waals surface area contributed by atoms with Crippen LogP contribution in [0.5, 0.6) is 0 Å². The third-order valence-electron chi connectivity index (χ3n) is 2.32. The SMILES string of the molecule is CP(C)(=O)C1CCC(N)C1. The van der Waals surface area contributed by atoms with E-state index in [4.69, 9.17) is 5.73 Å². The van der Waals surface area contributed by atoms with Gasteiger partial charge in [-0.1, -0.05) is 0 Å². The van der Waals surface area contributed by atoms with Crippen LogP contribution in [0.1, 0.15) is 19.3 Å². The van der Waals surface area contributed by atoms with Gasteiger partial charge in [-0.25, -0.2) is 0 Å². The van der Waals surface area contributed by atoms with E-state index in [1.807, 2.05) is 13.3 Å². The fourth-order valence-electron chi connectivity index (χ4n) is 1.56. The normalized spacial score (nSPS) is 34.7. The minimum Gasteiger partial charge on any atom is -0.328 e. The second-order valence-corrected chi connectivity index (χ2v) is 7.26. The van der Waals surface area contributed by atoms with Crippen molar-refractivity contribution in [1.29, 1.82) is 0 Å². The molecular weight excluding hydrogens is 145 g/mol. The van der Waals surface area contributed by atoms with E-state index in [1.54, 1.807) is 0 Å². The van der Waals surface area contributed by atoms with E-state index in [9.17, 15) is 4.57 Å². The molecule has 0 bridgehead atoms. The lowest BCUT2D eigenvalue weighted by atomic mass is 10.3. The van der Waals surface area contributed by atoms with Gasteiger partial charge < -0.3 is 10.3 Å². The Hall–Kier alpha value is 0.190. The van der Waals surface area contributed by atoms with Gasteiger partial charge in [0.05, 0.1) is 7.14 Å². The Morgan fingerprint density at radius 1 is 1.40 bits per heavy atom. The molecule has 0 heterocycles. The van der Waals surface area contributed by atoms with Crippen molar-refractivity contribution >= 4 is 7.14 Å². The Bertz CT molecular complexity index is 163. The highest BCUT2D eigenvalue weighted by molar-refractivity contribution is 7.63. The van der Waals surface area contributed by atoms with E-state index in [1.165, 1.54) is 0 Å². The zero-order valence-electron chi connectivity index (χ0n) is 6.71. The van der Waals surface area contributed by atoms with Gasteiger partial charge >= 0.3 is 0 Å². The molecule has 0 aliphatic heterocycles. The van der Waals surface area contributed by atoms with Crippen molar-refractivity contribution in [2.45, 2.75) is 31.0 Å². The van der Waals surface area contributed by atoms with Crippen LogP contribution in [0.25, 0.3) is 0 Å². The minimum atomic E-state index is -1.83. The van der Waals surface area contributed by atoms with Gasteiger partial charge in [0.2, 0.25) is 0 Å². The summed E-state index contributed by atoms with van der Waals surface area (Å²) in [6.07, 6.45) is 3.12. The summed E-state index contributed by atoms with van der Waals surface area (Å²) in [5.41, 5.74) is 6.12. The van der Waals surface area contributed by atoms with Crippen LogP contribution in [0.3, 0.4) is 0 Å². The zero-order chi connectivity index (χ0) is 7.78. The van der Waals surface area contributed by atoms with Crippen LogP contribution in [0.15, 0.2) is 0 Å². The molecule has 1 saturated carbocycles. The third-order valence-corrected chi connectivity index (χ3v) is 4.55. The van der Waals surface area contributed by atoms with E-state index in [-0.39, 0.29) is 0 Å². The fourth-order valence-corrected chi connectivity index (χ4v) is 3.11. The van der Waals surface area contributed by atoms with E-state index in [0.717, 1.165) is 19.3 Å². The van der Waals surface area contributed by atoms with E-state index >= 15 is 0 Å². The summed E-state index contributed by atoms with van der Waals surface area (Å²) in [5.74, 6) is 0. The summed E-state index contributed by atoms with van der Waals surface area (Å²) < 4.78 is 11.5. The highest BCUT2D eigenvalue weighted by Crippen LogP contribution is 2.49. The van der Waals surface area contributed by atoms with Crippen LogP contribution in [-0.2, 0) is 4.57 Å². The molecule has 2 N–H and O–H groups in total. The summed E-state index contributed by atoms with van der Waals surface area (Å²) in [4.78, 5) is 0. The van der Waals surface area contributed by atoms with E-state index in [2.05, 4.69) is 0 Å². The molecular formula is C7H16NOP. The van der Waals surface area contributed by atoms with Crippen LogP contribution in [0, 0.1) is 0 Å². The predicted octanol–water partition coefficient (Wildman–Crippen LogP) is 1.49. The molecule has 0 aromatic rings. The van der Waals surface area contributed by atoms with Gasteiger partial charge in [-0.05, 0) is 32.6 Å². The van der Waals surface area contributed by atoms with Gasteiger partial charge in [-0.3, -0.25) is 0 Å². The topological polar surface area (TPSA) is 43.1 Å². The van der Waals surface area contributed by atoms with Gasteiger partial charge in [0, 0.05) is 11.7 Å². The first-order valence-electron chi connectivity index (χ1n) is 3.80. The van der Waals surface area contributed by atoms with Crippen molar-refractivity contribution in [3.8, 4) is 0 Å². The first-order chi connectivity index (χ1) is 4.50. The molecule has 2 unspecified atom stereocenters. The highest BCUT2D eigenvalue weighted by atomic mass is 31.2. The number of rotatable bonds is 1. The minimum absolute atomic E-state index is 0.318. The molecule has 1 rings (SSSR count). The monoisotopic (exact) mass is 161 g/mol. The Morgan fingerprint density at radius 3 is 2.20 bits per heavy atom. The van der Waals surface area contributed by atoms with Crippen molar-refractivity contribution in [2.24, 2.45) is 5.73 Å². The van der Waals surface area contributed by atoms with Gasteiger partial charge in [0.15, 0.2) is 0 Å². The molecule has 2 atom stereocenters. The van der Waals surface area contributed by atoms with Crippen LogP contribution in [0.2, 0.25) is 0 Å². The van der Waals surface area contributed by atoms with Gasteiger partial charge in [0.25, 0.3) is 0 Å². The lowest BCUT2D eigenvalue weighted by Gasteiger charge is -2.14. The maximum atomic E-state index is 11.5. The molecule has 0 amide bonds. The summed E-state index contributed by atoms with van der Waals surface area (Å²) in [5, 5.41) is 0. The van der Waals surface area contributed by atoms with Crippen molar-refractivity contribution in [1.82, 2.24) is 0 Å². The van der Waals surface area contributed by atoms with Gasteiger partial charge in [0.1, 0.15) is 0 Å². The molecule has 10 heavy (non-hydrogen) atoms. The first-order valence-corrected chi connectivity index (χ1v) is 6.47. The lowest BCUT2D eigenvalue weighted by molar-refractivity contribution is 0.570. The highest BCUT2D eigenvalue weighted by Gasteiger charge is 2.30. The quantitative estimate of drug-likeness (QED) is 0.592. The Kier molecular flexibility index (Phi) is 2.21. The second kappa shape index (κ2) is 2.67. The first kappa shape index (κ1) is 8.29. The molecule has 0 aromatic heterocycles. The molecule has 1 fully saturated rings. The fraction of sp³-hybridized carbons (Fsp3) is 1.00. The smallest absolute Gasteiger partial charge is 0.0849 e. The predicted molar refractivity (Wildman–Crippen MR) is 45.1 cm³/mol. The van der Waals surface area contributed by atoms with Gasteiger partial charge in [-0.2, -0.15) is 0 Å². The summed E-state index contributed by atoms with van der Waals surface area (Å²) >= 11 is 0. The number of nitrogens with two attached hydrogens (primary N) is 1. The molecule has 3 heteroatoms. The molecule has 0 radical (unpaired) electrons. The Balaban J connectivity index is 2.53. The van der Waals surface area contributed by atoms with Crippen LogP contribution in [0.4, 0.5) is 0 Å². The second-order valence-electron chi connectivity index (χ2n) is 3.66. The van der Waals surface area contributed by atoms with Crippen molar-refractivity contribution in [2.75, 3.05) is 13.3 Å². The van der Waals surface area contributed by atoms with Gasteiger partial charge in [-0.15, -0.1) is 0 Å². The Morgan fingerprint density at radius 2 is 2.00 bits per heavy atom. The standard InChI is InChI=1S/C7H16NOP/c1-10(2,9)7-4-3-6(8)5-7/h6-7H,3-5,8H2,1-2H3. The molecule has 1 aliphatic rings. The summed E-state index contributed by atoms with van der Waals surface area (Å²) in [7, 11) is -1.83. The zero-order valence-corrected chi connectivity index (χ0v) is 7.60. The van der Waals surface area contributed by atoms with Crippen LogP contribution in [-0.4, -0.2) is 25.0 Å². The maximum absolute atomic E-state index is 11.5. The average Bonchev–Trinajstić information content (AvgIpc) is 2.11. The number of hydrogen-bond donors (Lipinski definition) is 1. The third kappa shape index (κ3) is 1.83. The summed E-state index contributed by atoms with van der Waals surface area (Å²) in [6, 6.07) is 0.318. The number of hydrogen-bond acceptors (Lipinski definition) is 2. The van der Waals surface area contributed by atoms with Crippen molar-refractivity contribution in [3.05, 3.63) is 0 Å². The van der Waals surface area contributed by atoms with E-state index in [0.29, 0.717) is 11.7 Å². The van der Waals surface area contributed by atoms with Crippen molar-refractivity contribution in [3.63, 3.8) is 0 Å². The molecule has 2 nitrogen and oxygen atoms in total. The molecule has 1 aliphatic carbocycles. The largest absolute Gasteiger partial charge is 0.328 e. The Labute approximate surface area is 62.6 Å². The molecule has 0 spiro atoms. The summed E-state index contributed by atoms with van der Waals surface area (Å²) in [6.45, 7) is 3.74. The van der Waals surface area contributed by atoms with E-state index < -0.39 is 7.14 Å². The van der Waals surface area contributed by atoms with Crippen molar-refractivity contribution < 1.29 is 4.57 Å². The lowest BCUT2D eigenvalue weighted by Crippen LogP contribution is -2.15. The van der Waals surface area contributed by atoms with Crippen LogP contribution >= 0.6 is 7.14 Å². The molecule has 0 saturated heterocycles. The average molecular weight is 161 g/mol. The molecule has 60 valence electrons. The molecule has 0 aromatic carbocycles.